The zero-order valence-electron chi connectivity index (χ0n) is 16.8. The van der Waals surface area contributed by atoms with Crippen molar-refractivity contribution in [3.8, 4) is 11.5 Å². The van der Waals surface area contributed by atoms with Crippen LogP contribution in [-0.2, 0) is 0 Å². The summed E-state index contributed by atoms with van der Waals surface area (Å²) in [5, 5.41) is 4.09. The zero-order valence-corrected chi connectivity index (χ0v) is 16.8. The van der Waals surface area contributed by atoms with Crippen molar-refractivity contribution in [3.05, 3.63) is 54.5 Å². The second kappa shape index (κ2) is 8.36. The second-order valence-corrected chi connectivity index (χ2v) is 8.05. The number of rotatable bonds is 5. The van der Waals surface area contributed by atoms with Crippen LogP contribution in [0.5, 0.6) is 11.5 Å². The van der Waals surface area contributed by atoms with Crippen LogP contribution in [0, 0.1) is 5.92 Å². The number of carbonyl (C=O) groups excluding carboxylic acids is 1. The van der Waals surface area contributed by atoms with Crippen LogP contribution in [0.3, 0.4) is 0 Å². The van der Waals surface area contributed by atoms with Crippen LogP contribution in [0.15, 0.2) is 48.8 Å². The van der Waals surface area contributed by atoms with E-state index < -0.39 is 0 Å². The molecule has 1 amide bonds. The van der Waals surface area contributed by atoms with Crippen LogP contribution in [-0.4, -0.2) is 59.7 Å². The fourth-order valence-corrected chi connectivity index (χ4v) is 4.28. The molecule has 1 atom stereocenters. The fourth-order valence-electron chi connectivity index (χ4n) is 4.28. The monoisotopic (exact) mass is 406 g/mol. The van der Waals surface area contributed by atoms with Gasteiger partial charge in [-0.15, -0.1) is 0 Å². The molecule has 1 saturated heterocycles. The van der Waals surface area contributed by atoms with E-state index in [2.05, 4.69) is 20.2 Å². The predicted molar refractivity (Wildman–Crippen MR) is 114 cm³/mol. The smallest absolute Gasteiger partial charge is 0.269 e. The molecule has 1 aromatic carbocycles. The minimum atomic E-state index is -0.0967. The van der Waals surface area contributed by atoms with Crippen LogP contribution in [0.4, 0.5) is 0 Å². The van der Waals surface area contributed by atoms with Gasteiger partial charge >= 0.3 is 0 Å². The molecule has 30 heavy (non-hydrogen) atoms. The maximum atomic E-state index is 12.2. The van der Waals surface area contributed by atoms with Gasteiger partial charge in [0.15, 0.2) is 11.5 Å². The number of ether oxygens (including phenoxy) is 2. The van der Waals surface area contributed by atoms with Gasteiger partial charge in [-0.3, -0.25) is 14.7 Å². The Labute approximate surface area is 175 Å². The van der Waals surface area contributed by atoms with Crippen LogP contribution < -0.4 is 14.8 Å². The van der Waals surface area contributed by atoms with Gasteiger partial charge in [0.05, 0.1) is 0 Å². The Morgan fingerprint density at radius 1 is 1.20 bits per heavy atom. The lowest BCUT2D eigenvalue weighted by molar-refractivity contribution is 0.0490. The minimum Gasteiger partial charge on any atom is -0.486 e. The molecule has 4 heterocycles. The third kappa shape index (κ3) is 3.98. The number of nitrogens with zero attached hydrogens (tertiary/aromatic N) is 2. The van der Waals surface area contributed by atoms with Gasteiger partial charge in [-0.1, -0.05) is 6.07 Å². The van der Waals surface area contributed by atoms with Crippen molar-refractivity contribution in [3.63, 3.8) is 0 Å². The molecule has 7 heteroatoms. The van der Waals surface area contributed by atoms with E-state index in [9.17, 15) is 4.79 Å². The highest BCUT2D eigenvalue weighted by atomic mass is 16.6. The topological polar surface area (TPSA) is 79.5 Å². The largest absolute Gasteiger partial charge is 0.486 e. The number of fused-ring (bicyclic) bond motifs is 3. The molecule has 1 fully saturated rings. The summed E-state index contributed by atoms with van der Waals surface area (Å²) in [7, 11) is 0. The molecule has 3 aromatic rings. The zero-order chi connectivity index (χ0) is 20.3. The SMILES string of the molecule is O=C(NCC1CCN(C[C@H]2COc3ccc4[nH]ccc4c3O2)CC1)c1ccccn1. The van der Waals surface area contributed by atoms with Crippen molar-refractivity contribution in [2.45, 2.75) is 18.9 Å². The maximum absolute atomic E-state index is 12.2. The van der Waals surface area contributed by atoms with Crippen molar-refractivity contribution in [2.24, 2.45) is 5.92 Å². The molecule has 0 unspecified atom stereocenters. The Morgan fingerprint density at radius 3 is 2.93 bits per heavy atom. The molecule has 0 saturated carbocycles. The van der Waals surface area contributed by atoms with Crippen molar-refractivity contribution in [1.82, 2.24) is 20.2 Å². The average Bonchev–Trinajstić information content (AvgIpc) is 3.28. The van der Waals surface area contributed by atoms with E-state index in [1.807, 2.05) is 36.5 Å². The van der Waals surface area contributed by atoms with Gasteiger partial charge in [-0.2, -0.15) is 0 Å². The molecular weight excluding hydrogens is 380 g/mol. The summed E-state index contributed by atoms with van der Waals surface area (Å²) in [4.78, 5) is 21.9. The number of aromatic amines is 1. The number of piperidine rings is 1. The second-order valence-electron chi connectivity index (χ2n) is 8.05. The van der Waals surface area contributed by atoms with Gasteiger partial charge in [0.2, 0.25) is 0 Å². The van der Waals surface area contributed by atoms with E-state index in [0.717, 1.165) is 54.9 Å². The molecule has 7 nitrogen and oxygen atoms in total. The van der Waals surface area contributed by atoms with Crippen LogP contribution in [0.25, 0.3) is 10.9 Å². The molecule has 156 valence electrons. The van der Waals surface area contributed by atoms with Gasteiger partial charge in [-0.05, 0) is 62.2 Å². The number of carbonyl (C=O) groups is 1. The van der Waals surface area contributed by atoms with Gasteiger partial charge < -0.3 is 19.8 Å². The van der Waals surface area contributed by atoms with E-state index in [-0.39, 0.29) is 12.0 Å². The number of pyridine rings is 1. The number of H-pyrrole nitrogens is 1. The number of benzene rings is 1. The standard InChI is InChI=1S/C23H26N4O3/c28-23(20-3-1-2-9-24-20)26-13-16-7-11-27(12-8-16)14-17-15-29-21-5-4-19-18(6-10-25-19)22(21)30-17/h1-6,9-10,16-17,25H,7-8,11-15H2,(H,26,28)/t17-/m0/s1. The fraction of sp³-hybridized carbons (Fsp3) is 0.391. The Balaban J connectivity index is 1.10. The molecule has 5 rings (SSSR count). The number of likely N-dealkylation sites (tertiary alicyclic amines) is 1. The highest BCUT2D eigenvalue weighted by Gasteiger charge is 2.27. The molecule has 0 radical (unpaired) electrons. The third-order valence-corrected chi connectivity index (χ3v) is 5.98. The molecule has 0 bridgehead atoms. The van der Waals surface area contributed by atoms with E-state index in [1.54, 1.807) is 12.3 Å². The maximum Gasteiger partial charge on any atom is 0.269 e. The average molecular weight is 406 g/mol. The van der Waals surface area contributed by atoms with Gasteiger partial charge in [0.1, 0.15) is 18.4 Å². The molecule has 2 aromatic heterocycles. The molecule has 0 aliphatic carbocycles. The van der Waals surface area contributed by atoms with E-state index in [0.29, 0.717) is 24.8 Å². The summed E-state index contributed by atoms with van der Waals surface area (Å²) in [6.45, 7) is 4.14. The number of nitrogens with one attached hydrogen (secondary N) is 2. The summed E-state index contributed by atoms with van der Waals surface area (Å²) < 4.78 is 12.3. The molecule has 0 spiro atoms. The van der Waals surface area contributed by atoms with Gasteiger partial charge in [0, 0.05) is 36.4 Å². The van der Waals surface area contributed by atoms with E-state index in [4.69, 9.17) is 9.47 Å². The van der Waals surface area contributed by atoms with Gasteiger partial charge in [-0.25, -0.2) is 0 Å². The lowest BCUT2D eigenvalue weighted by atomic mass is 9.96. The third-order valence-electron chi connectivity index (χ3n) is 5.98. The Morgan fingerprint density at radius 2 is 2.10 bits per heavy atom. The highest BCUT2D eigenvalue weighted by molar-refractivity contribution is 5.92. The Bertz CT molecular complexity index is 1010. The Kier molecular flexibility index (Phi) is 5.27. The summed E-state index contributed by atoms with van der Waals surface area (Å²) >= 11 is 0. The number of aromatic nitrogens is 2. The van der Waals surface area contributed by atoms with Crippen molar-refractivity contribution in [1.29, 1.82) is 0 Å². The highest BCUT2D eigenvalue weighted by Crippen LogP contribution is 2.38. The normalized spacial score (nSPS) is 19.7. The minimum absolute atomic E-state index is 0.0263. The summed E-state index contributed by atoms with van der Waals surface area (Å²) in [6.07, 6.45) is 5.72. The first kappa shape index (κ1) is 18.9. The summed E-state index contributed by atoms with van der Waals surface area (Å²) in [6, 6.07) is 11.4. The number of amides is 1. The quantitative estimate of drug-likeness (QED) is 0.681. The van der Waals surface area contributed by atoms with E-state index in [1.165, 1.54) is 0 Å². The molecule has 2 aliphatic heterocycles. The number of hydrogen-bond acceptors (Lipinski definition) is 5. The van der Waals surface area contributed by atoms with Crippen LogP contribution >= 0.6 is 0 Å². The molecular formula is C23H26N4O3. The van der Waals surface area contributed by atoms with Gasteiger partial charge in [0.25, 0.3) is 5.91 Å². The summed E-state index contributed by atoms with van der Waals surface area (Å²) in [5.74, 6) is 2.07. The summed E-state index contributed by atoms with van der Waals surface area (Å²) in [5.41, 5.74) is 1.53. The van der Waals surface area contributed by atoms with Crippen molar-refractivity contribution in [2.75, 3.05) is 32.8 Å². The van der Waals surface area contributed by atoms with Crippen LogP contribution in [0.1, 0.15) is 23.3 Å². The number of hydrogen-bond donors (Lipinski definition) is 2. The molecule has 2 N–H and O–H groups in total. The molecule has 2 aliphatic rings. The first-order chi connectivity index (χ1) is 14.8. The Hall–Kier alpha value is -3.06. The van der Waals surface area contributed by atoms with Crippen LogP contribution in [0.2, 0.25) is 0 Å². The lowest BCUT2D eigenvalue weighted by Crippen LogP contribution is -2.45. The first-order valence-corrected chi connectivity index (χ1v) is 10.6. The van der Waals surface area contributed by atoms with E-state index >= 15 is 0 Å². The van der Waals surface area contributed by atoms with Crippen molar-refractivity contribution < 1.29 is 14.3 Å². The predicted octanol–water partition coefficient (Wildman–Crippen LogP) is 2.84. The lowest BCUT2D eigenvalue weighted by Gasteiger charge is -2.35. The first-order valence-electron chi connectivity index (χ1n) is 10.6. The van der Waals surface area contributed by atoms with Crippen molar-refractivity contribution >= 4 is 16.8 Å².